The highest BCUT2D eigenvalue weighted by atomic mass is 32.2. The highest BCUT2D eigenvalue weighted by molar-refractivity contribution is 7.85. The molecule has 168 valence electrons. The Morgan fingerprint density at radius 3 is 2.56 bits per heavy atom. The number of carbonyl (C=O) groups excluding carboxylic acids is 2. The van der Waals surface area contributed by atoms with Crippen molar-refractivity contribution >= 4 is 40.0 Å². The molecule has 3 rings (SSSR count). The van der Waals surface area contributed by atoms with Crippen molar-refractivity contribution in [1.29, 1.82) is 0 Å². The molecule has 8 nitrogen and oxygen atoms in total. The summed E-state index contributed by atoms with van der Waals surface area (Å²) in [6.07, 6.45) is 1.16. The third-order valence-corrected chi connectivity index (χ3v) is 6.30. The highest BCUT2D eigenvalue weighted by Gasteiger charge is 2.19. The number of aliphatic imine (C=N–C) groups is 1. The molecule has 0 aliphatic carbocycles. The first-order chi connectivity index (χ1) is 15.4. The monoisotopic (exact) mass is 456 g/mol. The SMILES string of the molecule is COC(=O)c1cccc(S(=O)CCN=Cc2c(C)n(C(=O)OC)c3cc(OC)ccc23)c1. The van der Waals surface area contributed by atoms with Crippen molar-refractivity contribution in [2.75, 3.05) is 33.6 Å². The summed E-state index contributed by atoms with van der Waals surface area (Å²) < 4.78 is 29.0. The third kappa shape index (κ3) is 4.72. The van der Waals surface area contributed by atoms with Crippen LogP contribution in [0.4, 0.5) is 4.79 Å². The van der Waals surface area contributed by atoms with Crippen molar-refractivity contribution < 1.29 is 28.0 Å². The van der Waals surface area contributed by atoms with Crippen LogP contribution in [0.15, 0.2) is 52.4 Å². The first-order valence-electron chi connectivity index (χ1n) is 9.75. The van der Waals surface area contributed by atoms with Gasteiger partial charge in [-0.05, 0) is 37.3 Å². The second kappa shape index (κ2) is 10.2. The number of carbonyl (C=O) groups is 2. The standard InChI is InChI=1S/C23H24N2O6S/c1-15-20(19-9-8-17(29-2)13-21(19)25(15)23(27)31-4)14-24-10-11-32(28)18-7-5-6-16(12-18)22(26)30-3/h5-9,12-14H,10-11H2,1-4H3. The van der Waals surface area contributed by atoms with Crippen molar-refractivity contribution in [3.8, 4) is 5.75 Å². The molecular formula is C23H24N2O6S. The number of methoxy groups -OCH3 is 3. The molecule has 2 aromatic carbocycles. The molecule has 1 heterocycles. The summed E-state index contributed by atoms with van der Waals surface area (Å²) in [5.74, 6) is 0.424. The molecule has 0 amide bonds. The van der Waals surface area contributed by atoms with Gasteiger partial charge in [-0.3, -0.25) is 9.20 Å². The van der Waals surface area contributed by atoms with E-state index in [1.807, 2.05) is 12.1 Å². The van der Waals surface area contributed by atoms with Gasteiger partial charge in [-0.1, -0.05) is 6.07 Å². The molecule has 0 spiro atoms. The van der Waals surface area contributed by atoms with E-state index in [1.54, 1.807) is 50.6 Å². The maximum atomic E-state index is 12.6. The number of nitrogens with zero attached hydrogens (tertiary/aromatic N) is 2. The molecule has 0 aliphatic heterocycles. The quantitative estimate of drug-likeness (QED) is 0.398. The zero-order chi connectivity index (χ0) is 23.3. The first kappa shape index (κ1) is 23.2. The molecule has 1 unspecified atom stereocenters. The Balaban J connectivity index is 1.80. The van der Waals surface area contributed by atoms with Crippen LogP contribution in [0.5, 0.6) is 5.75 Å². The van der Waals surface area contributed by atoms with Gasteiger partial charge in [0.15, 0.2) is 0 Å². The molecule has 1 atom stereocenters. The lowest BCUT2D eigenvalue weighted by Crippen LogP contribution is -2.13. The molecular weight excluding hydrogens is 432 g/mol. The number of hydrogen-bond donors (Lipinski definition) is 0. The molecule has 0 N–H and O–H groups in total. The maximum absolute atomic E-state index is 12.6. The van der Waals surface area contributed by atoms with E-state index in [2.05, 4.69) is 4.99 Å². The number of rotatable bonds is 7. The molecule has 0 bridgehead atoms. The number of hydrogen-bond acceptors (Lipinski definition) is 7. The average molecular weight is 457 g/mol. The Morgan fingerprint density at radius 2 is 1.88 bits per heavy atom. The van der Waals surface area contributed by atoms with Gasteiger partial charge in [0.05, 0.1) is 49.8 Å². The smallest absolute Gasteiger partial charge is 0.418 e. The Hall–Kier alpha value is -3.46. The molecule has 0 saturated carbocycles. The fraction of sp³-hybridized carbons (Fsp3) is 0.261. The minimum atomic E-state index is -1.33. The minimum absolute atomic E-state index is 0.281. The highest BCUT2D eigenvalue weighted by Crippen LogP contribution is 2.28. The molecule has 0 radical (unpaired) electrons. The summed E-state index contributed by atoms with van der Waals surface area (Å²) in [7, 11) is 2.86. The third-order valence-electron chi connectivity index (χ3n) is 4.96. The van der Waals surface area contributed by atoms with Crippen molar-refractivity contribution in [2.24, 2.45) is 4.99 Å². The summed E-state index contributed by atoms with van der Waals surface area (Å²) in [4.78, 5) is 28.9. The topological polar surface area (TPSA) is 96.2 Å². The zero-order valence-corrected chi connectivity index (χ0v) is 19.1. The van der Waals surface area contributed by atoms with Gasteiger partial charge in [0, 0.05) is 39.6 Å². The van der Waals surface area contributed by atoms with Crippen LogP contribution in [0.3, 0.4) is 0 Å². The summed E-state index contributed by atoms with van der Waals surface area (Å²) in [5, 5.41) is 0.823. The van der Waals surface area contributed by atoms with Crippen LogP contribution in [0.1, 0.15) is 21.6 Å². The van der Waals surface area contributed by atoms with E-state index in [1.165, 1.54) is 18.8 Å². The van der Waals surface area contributed by atoms with Gasteiger partial charge >= 0.3 is 12.1 Å². The van der Waals surface area contributed by atoms with E-state index >= 15 is 0 Å². The number of aromatic nitrogens is 1. The minimum Gasteiger partial charge on any atom is -0.497 e. The predicted octanol–water partition coefficient (Wildman–Crippen LogP) is 3.59. The van der Waals surface area contributed by atoms with E-state index < -0.39 is 22.9 Å². The van der Waals surface area contributed by atoms with Gasteiger partial charge in [0.25, 0.3) is 0 Å². The van der Waals surface area contributed by atoms with Gasteiger partial charge in [-0.15, -0.1) is 0 Å². The molecule has 0 saturated heterocycles. The zero-order valence-electron chi connectivity index (χ0n) is 18.3. The molecule has 3 aromatic rings. The number of ether oxygens (including phenoxy) is 3. The van der Waals surface area contributed by atoms with Crippen LogP contribution in [0.2, 0.25) is 0 Å². The summed E-state index contributed by atoms with van der Waals surface area (Å²) in [6.45, 7) is 2.11. The van der Waals surface area contributed by atoms with Crippen LogP contribution in [0.25, 0.3) is 10.9 Å². The molecule has 32 heavy (non-hydrogen) atoms. The molecule has 0 aliphatic rings. The van der Waals surface area contributed by atoms with Gasteiger partial charge in [0.1, 0.15) is 5.75 Å². The van der Waals surface area contributed by atoms with E-state index in [-0.39, 0.29) is 5.75 Å². The van der Waals surface area contributed by atoms with Gasteiger partial charge in [0.2, 0.25) is 0 Å². The lowest BCUT2D eigenvalue weighted by Gasteiger charge is -2.05. The van der Waals surface area contributed by atoms with Crippen LogP contribution in [-0.2, 0) is 20.3 Å². The van der Waals surface area contributed by atoms with Crippen molar-refractivity contribution in [3.05, 3.63) is 59.3 Å². The van der Waals surface area contributed by atoms with Gasteiger partial charge < -0.3 is 14.2 Å². The summed E-state index contributed by atoms with van der Waals surface area (Å²) >= 11 is 0. The Morgan fingerprint density at radius 1 is 1.09 bits per heavy atom. The largest absolute Gasteiger partial charge is 0.497 e. The Bertz CT molecular complexity index is 1210. The van der Waals surface area contributed by atoms with Gasteiger partial charge in [-0.2, -0.15) is 0 Å². The van der Waals surface area contributed by atoms with Crippen molar-refractivity contribution in [2.45, 2.75) is 11.8 Å². The number of benzene rings is 2. The van der Waals surface area contributed by atoms with Gasteiger partial charge in [-0.25, -0.2) is 14.2 Å². The van der Waals surface area contributed by atoms with E-state index in [4.69, 9.17) is 14.2 Å². The van der Waals surface area contributed by atoms with E-state index in [0.29, 0.717) is 34.0 Å². The fourth-order valence-corrected chi connectivity index (χ4v) is 4.32. The second-order valence-corrected chi connectivity index (χ2v) is 8.36. The maximum Gasteiger partial charge on any atom is 0.418 e. The second-order valence-electron chi connectivity index (χ2n) is 6.79. The fourth-order valence-electron chi connectivity index (χ4n) is 3.33. The number of esters is 1. The van der Waals surface area contributed by atoms with E-state index in [9.17, 15) is 13.8 Å². The van der Waals surface area contributed by atoms with Crippen LogP contribution >= 0.6 is 0 Å². The Labute approximate surface area is 188 Å². The van der Waals surface area contributed by atoms with Crippen molar-refractivity contribution in [3.63, 3.8) is 0 Å². The van der Waals surface area contributed by atoms with Crippen LogP contribution < -0.4 is 4.74 Å². The molecule has 1 aromatic heterocycles. The first-order valence-corrected chi connectivity index (χ1v) is 11.1. The lowest BCUT2D eigenvalue weighted by atomic mass is 10.1. The average Bonchev–Trinajstić information content (AvgIpc) is 3.10. The van der Waals surface area contributed by atoms with Crippen LogP contribution in [-0.4, -0.2) is 60.7 Å². The summed E-state index contributed by atoms with van der Waals surface area (Å²) in [5.41, 5.74) is 2.45. The van der Waals surface area contributed by atoms with Crippen molar-refractivity contribution in [1.82, 2.24) is 4.57 Å². The summed E-state index contributed by atoms with van der Waals surface area (Å²) in [6, 6.07) is 12.0. The van der Waals surface area contributed by atoms with E-state index in [0.717, 1.165) is 10.9 Å². The van der Waals surface area contributed by atoms with Crippen LogP contribution in [0, 0.1) is 6.92 Å². The number of fused-ring (bicyclic) bond motifs is 1. The molecule has 0 fully saturated rings. The normalized spacial score (nSPS) is 12.1. The Kier molecular flexibility index (Phi) is 7.42. The molecule has 9 heteroatoms. The lowest BCUT2D eigenvalue weighted by molar-refractivity contribution is 0.0600. The predicted molar refractivity (Wildman–Crippen MR) is 123 cm³/mol.